The molecule has 3 aromatic rings. The molecule has 14 heteroatoms. The van der Waals surface area contributed by atoms with Crippen LogP contribution in [-0.4, -0.2) is 52.9 Å². The van der Waals surface area contributed by atoms with Crippen molar-refractivity contribution in [2.24, 2.45) is 5.10 Å². The Kier molecular flexibility index (Phi) is 10.0. The van der Waals surface area contributed by atoms with Crippen LogP contribution in [0, 0.1) is 0 Å². The van der Waals surface area contributed by atoms with Gasteiger partial charge in [0.25, 0.3) is 16.0 Å². The summed E-state index contributed by atoms with van der Waals surface area (Å²) in [4.78, 5) is 12.2. The molecule has 2 heterocycles. The molecule has 1 fully saturated rings. The van der Waals surface area contributed by atoms with Gasteiger partial charge in [-0.2, -0.15) is 13.5 Å². The summed E-state index contributed by atoms with van der Waals surface area (Å²) in [6.45, 7) is 1.73. The topological polar surface area (TPSA) is 143 Å². The number of phenols is 2. The highest BCUT2D eigenvalue weighted by Crippen LogP contribution is 2.40. The van der Waals surface area contributed by atoms with Crippen molar-refractivity contribution in [1.82, 2.24) is 10.4 Å². The quantitative estimate of drug-likeness (QED) is 0.202. The second kappa shape index (κ2) is 13.3. The zero-order valence-corrected chi connectivity index (χ0v) is 24.6. The summed E-state index contributed by atoms with van der Waals surface area (Å²) >= 11 is 18.6. The van der Waals surface area contributed by atoms with Gasteiger partial charge < -0.3 is 10.2 Å². The number of hydrogen-bond acceptors (Lipinski definition) is 8. The maximum absolute atomic E-state index is 12.9. The third-order valence-electron chi connectivity index (χ3n) is 6.42. The third-order valence-corrected chi connectivity index (χ3v) is 8.09. The second-order valence-electron chi connectivity index (χ2n) is 9.37. The van der Waals surface area contributed by atoms with Gasteiger partial charge in [-0.1, -0.05) is 53.4 Å². The van der Waals surface area contributed by atoms with Gasteiger partial charge in [0.2, 0.25) is 0 Å². The van der Waals surface area contributed by atoms with E-state index in [4.69, 9.17) is 49.6 Å². The van der Waals surface area contributed by atoms with Crippen molar-refractivity contribution in [1.29, 1.82) is 0 Å². The van der Waals surface area contributed by atoms with Crippen molar-refractivity contribution in [3.05, 3.63) is 81.3 Å². The number of benzene rings is 3. The minimum absolute atomic E-state index is 0.159. The number of anilines is 1. The van der Waals surface area contributed by atoms with Crippen LogP contribution in [0.25, 0.3) is 0 Å². The van der Waals surface area contributed by atoms with Crippen molar-refractivity contribution in [3.8, 4) is 11.5 Å². The van der Waals surface area contributed by atoms with Gasteiger partial charge in [0.1, 0.15) is 22.1 Å². The Morgan fingerprint density at radius 2 is 1.56 bits per heavy atom. The van der Waals surface area contributed by atoms with Gasteiger partial charge in [0, 0.05) is 35.6 Å². The number of hydrogen-bond donors (Lipinski definition) is 4. The van der Waals surface area contributed by atoms with E-state index in [1.165, 1.54) is 6.42 Å². The van der Waals surface area contributed by atoms with Crippen LogP contribution in [0.3, 0.4) is 0 Å². The highest BCUT2D eigenvalue weighted by molar-refractivity contribution is 7.86. The largest absolute Gasteiger partial charge is 0.508 e. The Hall–Kier alpha value is -3.06. The molecular weight excluding hydrogens is 615 g/mol. The number of carbonyl (C=O) groups is 1. The molecule has 41 heavy (non-hydrogen) atoms. The van der Waals surface area contributed by atoms with Crippen LogP contribution in [-0.2, 0) is 14.9 Å². The standard InChI is InChI=1S/C21H21Cl3N4O.C6H6O5S/c22-15-6-4-14(5-7-15)20-13-18(21(29)26-27-10-2-1-3-11-27)25-28(20)19-9-8-16(23)12-17(19)24;7-4-1-2-5(8)6(3-4)12(9,10)11/h4-9,12,20H,1-3,10-11,13H2,(H,26,29);1-3,7-8H,(H,9,10,11). The Balaban J connectivity index is 0.000000271. The van der Waals surface area contributed by atoms with Gasteiger partial charge in [0.05, 0.1) is 16.8 Å². The van der Waals surface area contributed by atoms with Crippen molar-refractivity contribution < 1.29 is 28.0 Å². The molecule has 0 bridgehead atoms. The first-order valence-electron chi connectivity index (χ1n) is 12.5. The van der Waals surface area contributed by atoms with Crippen molar-refractivity contribution >= 4 is 62.2 Å². The van der Waals surface area contributed by atoms with Crippen LogP contribution in [0.5, 0.6) is 11.5 Å². The highest BCUT2D eigenvalue weighted by Gasteiger charge is 2.34. The molecule has 1 unspecified atom stereocenters. The molecule has 4 N–H and O–H groups in total. The van der Waals surface area contributed by atoms with E-state index in [2.05, 4.69) is 10.5 Å². The zero-order valence-electron chi connectivity index (χ0n) is 21.5. The number of hydrazone groups is 1. The first-order chi connectivity index (χ1) is 19.4. The molecular formula is C27H27Cl3N4O6S. The van der Waals surface area contributed by atoms with Gasteiger partial charge >= 0.3 is 0 Å². The number of nitrogens with one attached hydrogen (secondary N) is 1. The summed E-state index contributed by atoms with van der Waals surface area (Å²) in [5.74, 6) is -1.12. The summed E-state index contributed by atoms with van der Waals surface area (Å²) in [6, 6.07) is 15.5. The van der Waals surface area contributed by atoms with Gasteiger partial charge in [-0.05, 0) is 60.9 Å². The monoisotopic (exact) mass is 640 g/mol. The molecule has 1 atom stereocenters. The lowest BCUT2D eigenvalue weighted by Gasteiger charge is -2.26. The zero-order chi connectivity index (χ0) is 29.7. The van der Waals surface area contributed by atoms with Crippen molar-refractivity contribution in [2.75, 3.05) is 18.1 Å². The highest BCUT2D eigenvalue weighted by atomic mass is 35.5. The Bertz CT molecular complexity index is 1550. The predicted octanol–water partition coefficient (Wildman–Crippen LogP) is 5.82. The summed E-state index contributed by atoms with van der Waals surface area (Å²) in [5.41, 5.74) is 5.18. The first-order valence-corrected chi connectivity index (χ1v) is 15.1. The van der Waals surface area contributed by atoms with E-state index >= 15 is 0 Å². The fraction of sp³-hybridized carbons (Fsp3) is 0.259. The number of nitrogens with zero attached hydrogens (tertiary/aromatic N) is 3. The fourth-order valence-electron chi connectivity index (χ4n) is 4.40. The first kappa shape index (κ1) is 30.9. The van der Waals surface area contributed by atoms with E-state index in [1.807, 2.05) is 35.3 Å². The predicted molar refractivity (Wildman–Crippen MR) is 158 cm³/mol. The number of amides is 1. The maximum Gasteiger partial charge on any atom is 0.298 e. The Labute approximate surface area is 252 Å². The molecule has 0 spiro atoms. The molecule has 0 aromatic heterocycles. The van der Waals surface area contributed by atoms with Crippen LogP contribution in [0.15, 0.2) is 70.7 Å². The Morgan fingerprint density at radius 3 is 2.17 bits per heavy atom. The van der Waals surface area contributed by atoms with E-state index in [0.717, 1.165) is 49.7 Å². The van der Waals surface area contributed by atoms with Crippen LogP contribution in [0.2, 0.25) is 15.1 Å². The van der Waals surface area contributed by atoms with Crippen LogP contribution >= 0.6 is 34.8 Å². The second-order valence-corrected chi connectivity index (χ2v) is 12.0. The minimum Gasteiger partial charge on any atom is -0.508 e. The summed E-state index contributed by atoms with van der Waals surface area (Å²) < 4.78 is 29.5. The minimum atomic E-state index is -4.47. The third kappa shape index (κ3) is 8.03. The van der Waals surface area contributed by atoms with Crippen LogP contribution < -0.4 is 10.4 Å². The van der Waals surface area contributed by atoms with E-state index in [1.54, 1.807) is 17.1 Å². The normalized spacial score (nSPS) is 17.4. The van der Waals surface area contributed by atoms with Gasteiger partial charge in [0.15, 0.2) is 0 Å². The number of piperidine rings is 1. The number of rotatable bonds is 5. The number of hydrazine groups is 1. The smallest absolute Gasteiger partial charge is 0.298 e. The lowest BCUT2D eigenvalue weighted by Crippen LogP contribution is -2.47. The lowest BCUT2D eigenvalue weighted by molar-refractivity contribution is -0.119. The van der Waals surface area contributed by atoms with Crippen LogP contribution in [0.1, 0.15) is 37.3 Å². The van der Waals surface area contributed by atoms with E-state index in [0.29, 0.717) is 32.9 Å². The summed E-state index contributed by atoms with van der Waals surface area (Å²) in [7, 11) is -4.47. The van der Waals surface area contributed by atoms with Crippen molar-refractivity contribution in [2.45, 2.75) is 36.6 Å². The number of phenolic OH excluding ortho intramolecular Hbond substituents is 2. The molecule has 0 aliphatic carbocycles. The number of halogens is 3. The van der Waals surface area contributed by atoms with Gasteiger partial charge in [-0.15, -0.1) is 0 Å². The fourth-order valence-corrected chi connectivity index (χ4v) is 5.63. The number of aromatic hydroxyl groups is 2. The SMILES string of the molecule is O=C(NN1CCCCC1)C1=NN(c2ccc(Cl)cc2Cl)C(c2ccc(Cl)cc2)C1.O=S(=O)(O)c1cc(O)ccc1O. The molecule has 5 rings (SSSR count). The Morgan fingerprint density at radius 1 is 0.902 bits per heavy atom. The van der Waals surface area contributed by atoms with E-state index < -0.39 is 20.8 Å². The molecule has 0 saturated carbocycles. The molecule has 1 saturated heterocycles. The van der Waals surface area contributed by atoms with Crippen LogP contribution in [0.4, 0.5) is 5.69 Å². The van der Waals surface area contributed by atoms with Gasteiger partial charge in [-0.25, -0.2) is 5.01 Å². The number of carbonyl (C=O) groups excluding carboxylic acids is 1. The summed E-state index contributed by atoms with van der Waals surface area (Å²) in [6.07, 6.45) is 3.86. The maximum atomic E-state index is 12.9. The molecule has 0 radical (unpaired) electrons. The van der Waals surface area contributed by atoms with E-state index in [-0.39, 0.29) is 17.7 Å². The molecule has 10 nitrogen and oxygen atoms in total. The molecule has 3 aromatic carbocycles. The van der Waals surface area contributed by atoms with Crippen molar-refractivity contribution in [3.63, 3.8) is 0 Å². The molecule has 1 amide bonds. The molecule has 2 aliphatic heterocycles. The summed E-state index contributed by atoms with van der Waals surface area (Å²) in [5, 5.41) is 27.8. The van der Waals surface area contributed by atoms with Gasteiger partial charge in [-0.3, -0.25) is 19.8 Å². The average molecular weight is 642 g/mol. The molecule has 2 aliphatic rings. The molecule has 218 valence electrons. The average Bonchev–Trinajstić information content (AvgIpc) is 3.36. The van der Waals surface area contributed by atoms with E-state index in [9.17, 15) is 13.2 Å². The lowest BCUT2D eigenvalue weighted by atomic mass is 10.0.